The molecule has 20 heavy (non-hydrogen) atoms. The number of hydrogen-bond donors (Lipinski definition) is 0. The van der Waals surface area contributed by atoms with Crippen LogP contribution in [-0.2, 0) is 9.53 Å². The first-order chi connectivity index (χ1) is 9.70. The summed E-state index contributed by atoms with van der Waals surface area (Å²) in [5.74, 6) is -0.323. The summed E-state index contributed by atoms with van der Waals surface area (Å²) in [5, 5.41) is 0. The summed E-state index contributed by atoms with van der Waals surface area (Å²) >= 11 is 3.47. The highest BCUT2D eigenvalue weighted by Crippen LogP contribution is 2.27. The maximum Gasteiger partial charge on any atom is 0.330 e. The van der Waals surface area contributed by atoms with Crippen LogP contribution in [0.5, 0.6) is 0 Å². The molecule has 2 nitrogen and oxygen atoms in total. The van der Waals surface area contributed by atoms with Gasteiger partial charge in [-0.2, -0.15) is 0 Å². The third kappa shape index (κ3) is 3.81. The molecule has 0 atom stereocenters. The molecule has 0 unspecified atom stereocenters. The molecule has 2 aromatic carbocycles. The lowest BCUT2D eigenvalue weighted by atomic mass is 9.99. The summed E-state index contributed by atoms with van der Waals surface area (Å²) in [6.07, 6.45) is 3.24. The standard InChI is InChI=1S/C17H15BrO2/c1-2-20-17(19)11-10-13-6-3-4-9-16(13)14-7-5-8-15(18)12-14/h3-12H,2H2,1H3. The first-order valence-electron chi connectivity index (χ1n) is 6.40. The van der Waals surface area contributed by atoms with Gasteiger partial charge in [-0.25, -0.2) is 4.79 Å². The molecule has 0 aliphatic carbocycles. The van der Waals surface area contributed by atoms with Crippen molar-refractivity contribution in [1.82, 2.24) is 0 Å². The lowest BCUT2D eigenvalue weighted by molar-refractivity contribution is -0.137. The first-order valence-corrected chi connectivity index (χ1v) is 7.20. The van der Waals surface area contributed by atoms with E-state index in [0.29, 0.717) is 6.61 Å². The van der Waals surface area contributed by atoms with E-state index in [4.69, 9.17) is 4.74 Å². The highest BCUT2D eigenvalue weighted by Gasteiger charge is 2.03. The van der Waals surface area contributed by atoms with Crippen LogP contribution in [0, 0.1) is 0 Å². The molecule has 0 bridgehead atoms. The summed E-state index contributed by atoms with van der Waals surface area (Å²) in [4.78, 5) is 11.4. The molecule has 0 saturated heterocycles. The van der Waals surface area contributed by atoms with Crippen molar-refractivity contribution < 1.29 is 9.53 Å². The summed E-state index contributed by atoms with van der Waals surface area (Å²) in [6, 6.07) is 16.0. The predicted molar refractivity (Wildman–Crippen MR) is 85.2 cm³/mol. The van der Waals surface area contributed by atoms with Gasteiger partial charge in [0, 0.05) is 10.5 Å². The molecule has 102 valence electrons. The molecule has 2 rings (SSSR count). The van der Waals surface area contributed by atoms with Crippen molar-refractivity contribution in [2.24, 2.45) is 0 Å². The van der Waals surface area contributed by atoms with Gasteiger partial charge in [-0.3, -0.25) is 0 Å². The Morgan fingerprint density at radius 3 is 2.75 bits per heavy atom. The number of halogens is 1. The molecule has 3 heteroatoms. The highest BCUT2D eigenvalue weighted by atomic mass is 79.9. The van der Waals surface area contributed by atoms with Crippen LogP contribution in [0.25, 0.3) is 17.2 Å². The number of carbonyl (C=O) groups is 1. The number of carbonyl (C=O) groups excluding carboxylic acids is 1. The zero-order chi connectivity index (χ0) is 14.4. The van der Waals surface area contributed by atoms with Gasteiger partial charge in [-0.05, 0) is 41.8 Å². The van der Waals surface area contributed by atoms with E-state index in [2.05, 4.69) is 22.0 Å². The van der Waals surface area contributed by atoms with Gasteiger partial charge in [0.1, 0.15) is 0 Å². The zero-order valence-electron chi connectivity index (χ0n) is 11.2. The van der Waals surface area contributed by atoms with Gasteiger partial charge in [-0.1, -0.05) is 52.3 Å². The van der Waals surface area contributed by atoms with Crippen molar-refractivity contribution in [2.45, 2.75) is 6.92 Å². The molecule has 0 N–H and O–H groups in total. The third-order valence-electron chi connectivity index (χ3n) is 2.78. The van der Waals surface area contributed by atoms with E-state index in [0.717, 1.165) is 21.2 Å². The topological polar surface area (TPSA) is 26.3 Å². The third-order valence-corrected chi connectivity index (χ3v) is 3.28. The molecular weight excluding hydrogens is 316 g/mol. The number of hydrogen-bond acceptors (Lipinski definition) is 2. The van der Waals surface area contributed by atoms with Crippen LogP contribution < -0.4 is 0 Å². The summed E-state index contributed by atoms with van der Waals surface area (Å²) in [6.45, 7) is 2.18. The van der Waals surface area contributed by atoms with Crippen LogP contribution in [0.1, 0.15) is 12.5 Å². The van der Waals surface area contributed by atoms with Gasteiger partial charge in [0.05, 0.1) is 6.61 Å². The molecule has 0 fully saturated rings. The van der Waals surface area contributed by atoms with Gasteiger partial charge >= 0.3 is 5.97 Å². The van der Waals surface area contributed by atoms with E-state index in [1.807, 2.05) is 42.5 Å². The second-order valence-corrected chi connectivity index (χ2v) is 5.10. The SMILES string of the molecule is CCOC(=O)C=Cc1ccccc1-c1cccc(Br)c1. The van der Waals surface area contributed by atoms with Crippen molar-refractivity contribution in [3.63, 3.8) is 0 Å². The molecule has 0 heterocycles. The minimum absolute atomic E-state index is 0.323. The van der Waals surface area contributed by atoms with E-state index in [-0.39, 0.29) is 5.97 Å². The maximum absolute atomic E-state index is 11.4. The molecule has 2 aromatic rings. The molecule has 0 aliphatic rings. The van der Waals surface area contributed by atoms with Gasteiger partial charge < -0.3 is 4.74 Å². The Balaban J connectivity index is 2.34. The van der Waals surface area contributed by atoms with Crippen LogP contribution in [0.4, 0.5) is 0 Å². The molecule has 0 aromatic heterocycles. The summed E-state index contributed by atoms with van der Waals surface area (Å²) in [5.41, 5.74) is 3.16. The van der Waals surface area contributed by atoms with Crippen molar-refractivity contribution in [1.29, 1.82) is 0 Å². The van der Waals surface area contributed by atoms with Gasteiger partial charge in [0.25, 0.3) is 0 Å². The van der Waals surface area contributed by atoms with Crippen molar-refractivity contribution in [3.05, 3.63) is 64.6 Å². The predicted octanol–water partition coefficient (Wildman–Crippen LogP) is 4.69. The molecule has 0 amide bonds. The molecule has 0 saturated carbocycles. The normalized spacial score (nSPS) is 10.7. The van der Waals surface area contributed by atoms with Crippen LogP contribution in [0.15, 0.2) is 59.1 Å². The molecular formula is C17H15BrO2. The lowest BCUT2D eigenvalue weighted by Crippen LogP contribution is -1.98. The molecule has 0 spiro atoms. The number of esters is 1. The van der Waals surface area contributed by atoms with E-state index in [1.54, 1.807) is 13.0 Å². The van der Waals surface area contributed by atoms with E-state index in [9.17, 15) is 4.79 Å². The fourth-order valence-electron chi connectivity index (χ4n) is 1.91. The smallest absolute Gasteiger partial charge is 0.330 e. The zero-order valence-corrected chi connectivity index (χ0v) is 12.8. The van der Waals surface area contributed by atoms with Crippen molar-refractivity contribution in [3.8, 4) is 11.1 Å². The van der Waals surface area contributed by atoms with Crippen LogP contribution in [0.3, 0.4) is 0 Å². The Hall–Kier alpha value is -1.87. The van der Waals surface area contributed by atoms with Gasteiger partial charge in [0.2, 0.25) is 0 Å². The van der Waals surface area contributed by atoms with Crippen LogP contribution >= 0.6 is 15.9 Å². The molecule has 0 aliphatic heterocycles. The summed E-state index contributed by atoms with van der Waals surface area (Å²) in [7, 11) is 0. The van der Waals surface area contributed by atoms with E-state index < -0.39 is 0 Å². The maximum atomic E-state index is 11.4. The fraction of sp³-hybridized carbons (Fsp3) is 0.118. The minimum atomic E-state index is -0.323. The monoisotopic (exact) mass is 330 g/mol. The number of ether oxygens (including phenoxy) is 1. The first kappa shape index (κ1) is 14.5. The Labute approximate surface area is 127 Å². The second-order valence-electron chi connectivity index (χ2n) is 4.18. The second kappa shape index (κ2) is 7.06. The highest BCUT2D eigenvalue weighted by molar-refractivity contribution is 9.10. The number of rotatable bonds is 4. The largest absolute Gasteiger partial charge is 0.463 e. The average Bonchev–Trinajstić information content (AvgIpc) is 2.46. The quantitative estimate of drug-likeness (QED) is 0.600. The van der Waals surface area contributed by atoms with Crippen molar-refractivity contribution in [2.75, 3.05) is 6.61 Å². The fourth-order valence-corrected chi connectivity index (χ4v) is 2.31. The van der Waals surface area contributed by atoms with Crippen LogP contribution in [0.2, 0.25) is 0 Å². The Morgan fingerprint density at radius 1 is 1.20 bits per heavy atom. The van der Waals surface area contributed by atoms with Gasteiger partial charge in [0.15, 0.2) is 0 Å². The Bertz CT molecular complexity index is 632. The van der Waals surface area contributed by atoms with Crippen molar-refractivity contribution >= 4 is 28.0 Å². The Kier molecular flexibility index (Phi) is 5.13. The average molecular weight is 331 g/mol. The van der Waals surface area contributed by atoms with E-state index >= 15 is 0 Å². The minimum Gasteiger partial charge on any atom is -0.463 e. The lowest BCUT2D eigenvalue weighted by Gasteiger charge is -2.06. The Morgan fingerprint density at radius 2 is 2.00 bits per heavy atom. The van der Waals surface area contributed by atoms with E-state index in [1.165, 1.54) is 6.08 Å². The van der Waals surface area contributed by atoms with Gasteiger partial charge in [-0.15, -0.1) is 0 Å². The van der Waals surface area contributed by atoms with Crippen LogP contribution in [-0.4, -0.2) is 12.6 Å². The number of benzene rings is 2. The molecule has 0 radical (unpaired) electrons. The summed E-state index contributed by atoms with van der Waals surface area (Å²) < 4.78 is 5.92.